The normalized spacial score (nSPS) is 13.7. The highest BCUT2D eigenvalue weighted by molar-refractivity contribution is 9.10. The minimum Gasteiger partial charge on any atom is -0.0587 e. The van der Waals surface area contributed by atoms with Gasteiger partial charge < -0.3 is 0 Å². The van der Waals surface area contributed by atoms with Crippen LogP contribution in [0.1, 0.15) is 41.7 Å². The van der Waals surface area contributed by atoms with Crippen molar-refractivity contribution in [3.63, 3.8) is 0 Å². The Morgan fingerprint density at radius 2 is 0.968 bits per heavy atom. The lowest BCUT2D eigenvalue weighted by atomic mass is 9.80. The highest BCUT2D eigenvalue weighted by Gasteiger charge is 2.36. The van der Waals surface area contributed by atoms with Gasteiger partial charge >= 0.3 is 0 Å². The molecule has 0 atom stereocenters. The summed E-state index contributed by atoms with van der Waals surface area (Å²) in [5.41, 5.74) is 14.8. The Kier molecular flexibility index (Phi) is 4.71. The van der Waals surface area contributed by atoms with Crippen molar-refractivity contribution in [2.24, 2.45) is 0 Å². The third kappa shape index (κ3) is 3.27. The van der Waals surface area contributed by atoms with Crippen LogP contribution in [0.3, 0.4) is 0 Å². The van der Waals surface area contributed by atoms with Crippen molar-refractivity contribution in [2.45, 2.75) is 40.0 Å². The zero-order valence-electron chi connectivity index (χ0n) is 18.8. The molecule has 0 nitrogen and oxygen atoms in total. The number of benzene rings is 4. The number of aryl methyl sites for hydroxylation is 3. The molecule has 0 spiro atoms. The number of fused-ring (bicyclic) bond motifs is 3. The molecule has 0 saturated carbocycles. The molecule has 0 aliphatic heterocycles. The molecule has 0 bridgehead atoms. The molecule has 5 rings (SSSR count). The number of halogens is 1. The molecule has 0 heterocycles. The molecule has 0 N–H and O–H groups in total. The molecule has 0 aromatic heterocycles. The van der Waals surface area contributed by atoms with Gasteiger partial charge in [-0.25, -0.2) is 0 Å². The van der Waals surface area contributed by atoms with Gasteiger partial charge in [0, 0.05) is 9.89 Å². The molecule has 1 aliphatic carbocycles. The van der Waals surface area contributed by atoms with Crippen molar-refractivity contribution < 1.29 is 0 Å². The second kappa shape index (κ2) is 7.21. The molecule has 0 unspecified atom stereocenters. The lowest BCUT2D eigenvalue weighted by molar-refractivity contribution is 0.660. The van der Waals surface area contributed by atoms with Crippen LogP contribution in [0.5, 0.6) is 0 Å². The SMILES string of the molecule is Cc1ccc(-c2cc3c(cc2C)-c2cc(C)c(-c4ccc(Br)cc4)cc2C3(C)C)cc1. The van der Waals surface area contributed by atoms with Crippen molar-refractivity contribution in [1.29, 1.82) is 0 Å². The molecule has 0 fully saturated rings. The second-order valence-corrected chi connectivity index (χ2v) is 10.3. The molecular weight excluding hydrogens is 440 g/mol. The van der Waals surface area contributed by atoms with E-state index in [0.717, 1.165) is 4.47 Å². The average Bonchev–Trinajstić information content (AvgIpc) is 2.94. The van der Waals surface area contributed by atoms with E-state index >= 15 is 0 Å². The zero-order chi connectivity index (χ0) is 21.9. The second-order valence-electron chi connectivity index (χ2n) is 9.42. The van der Waals surface area contributed by atoms with Crippen molar-refractivity contribution in [3.8, 4) is 33.4 Å². The largest absolute Gasteiger partial charge is 0.0587 e. The summed E-state index contributed by atoms with van der Waals surface area (Å²) < 4.78 is 1.11. The van der Waals surface area contributed by atoms with E-state index in [-0.39, 0.29) is 5.41 Å². The first kappa shape index (κ1) is 20.3. The molecule has 0 radical (unpaired) electrons. The summed E-state index contributed by atoms with van der Waals surface area (Å²) in [5.74, 6) is 0. The van der Waals surface area contributed by atoms with Gasteiger partial charge in [0.25, 0.3) is 0 Å². The van der Waals surface area contributed by atoms with E-state index in [1.54, 1.807) is 0 Å². The minimum atomic E-state index is -0.0321. The van der Waals surface area contributed by atoms with Crippen LogP contribution in [0.15, 0.2) is 77.3 Å². The first-order valence-corrected chi connectivity index (χ1v) is 11.7. The van der Waals surface area contributed by atoms with Gasteiger partial charge in [-0.1, -0.05) is 83.9 Å². The number of hydrogen-bond donors (Lipinski definition) is 0. The topological polar surface area (TPSA) is 0 Å². The van der Waals surface area contributed by atoms with Crippen LogP contribution in [0.2, 0.25) is 0 Å². The van der Waals surface area contributed by atoms with Crippen molar-refractivity contribution >= 4 is 15.9 Å². The minimum absolute atomic E-state index is 0.0321. The van der Waals surface area contributed by atoms with Crippen molar-refractivity contribution in [3.05, 3.63) is 105 Å². The summed E-state index contributed by atoms with van der Waals surface area (Å²) in [6.07, 6.45) is 0. The van der Waals surface area contributed by atoms with Gasteiger partial charge in [0.2, 0.25) is 0 Å². The van der Waals surface area contributed by atoms with E-state index in [1.807, 2.05) is 0 Å². The average molecular weight is 467 g/mol. The third-order valence-electron chi connectivity index (χ3n) is 6.88. The molecule has 1 heteroatoms. The predicted molar refractivity (Wildman–Crippen MR) is 137 cm³/mol. The van der Waals surface area contributed by atoms with Crippen LogP contribution >= 0.6 is 15.9 Å². The van der Waals surface area contributed by atoms with Crippen LogP contribution in [0.25, 0.3) is 33.4 Å². The molecule has 31 heavy (non-hydrogen) atoms. The van der Waals surface area contributed by atoms with Gasteiger partial charge in [-0.15, -0.1) is 0 Å². The number of rotatable bonds is 2. The Balaban J connectivity index is 1.69. The van der Waals surface area contributed by atoms with Crippen LogP contribution in [0.4, 0.5) is 0 Å². The first-order chi connectivity index (χ1) is 14.8. The van der Waals surface area contributed by atoms with Gasteiger partial charge in [0.05, 0.1) is 0 Å². The molecule has 4 aromatic rings. The Morgan fingerprint density at radius 3 is 1.42 bits per heavy atom. The maximum atomic E-state index is 3.56. The first-order valence-electron chi connectivity index (χ1n) is 10.9. The maximum Gasteiger partial charge on any atom is 0.0175 e. The molecule has 154 valence electrons. The molecule has 1 aliphatic rings. The summed E-state index contributed by atoms with van der Waals surface area (Å²) in [6.45, 7) is 11.4. The monoisotopic (exact) mass is 466 g/mol. The third-order valence-corrected chi connectivity index (χ3v) is 7.41. The van der Waals surface area contributed by atoms with E-state index in [4.69, 9.17) is 0 Å². The fourth-order valence-electron chi connectivity index (χ4n) is 5.03. The smallest absolute Gasteiger partial charge is 0.0175 e. The fraction of sp³-hybridized carbons (Fsp3) is 0.200. The molecule has 0 amide bonds. The van der Waals surface area contributed by atoms with E-state index in [2.05, 4.69) is 123 Å². The van der Waals surface area contributed by atoms with Gasteiger partial charge in [0.15, 0.2) is 0 Å². The standard InChI is InChI=1S/C30H27Br/c1-18-6-8-21(9-7-18)24-16-28-26(14-19(24)2)27-15-20(3)25(17-29(27)30(28,4)5)22-10-12-23(31)13-11-22/h6-17H,1-5H3. The molecule has 4 aromatic carbocycles. The summed E-state index contributed by atoms with van der Waals surface area (Å²) >= 11 is 3.56. The van der Waals surface area contributed by atoms with Gasteiger partial charge in [-0.2, -0.15) is 0 Å². The van der Waals surface area contributed by atoms with Crippen LogP contribution in [-0.2, 0) is 5.41 Å². The molecular formula is C30H27Br. The Hall–Kier alpha value is -2.64. The zero-order valence-corrected chi connectivity index (χ0v) is 20.4. The summed E-state index contributed by atoms with van der Waals surface area (Å²) in [4.78, 5) is 0. The van der Waals surface area contributed by atoms with Crippen molar-refractivity contribution in [2.75, 3.05) is 0 Å². The van der Waals surface area contributed by atoms with E-state index in [1.165, 1.54) is 61.2 Å². The Labute approximate surface area is 194 Å². The van der Waals surface area contributed by atoms with E-state index < -0.39 is 0 Å². The summed E-state index contributed by atoms with van der Waals surface area (Å²) in [5, 5.41) is 0. The highest BCUT2D eigenvalue weighted by Crippen LogP contribution is 2.52. The van der Waals surface area contributed by atoms with Gasteiger partial charge in [-0.3, -0.25) is 0 Å². The van der Waals surface area contributed by atoms with Crippen LogP contribution in [-0.4, -0.2) is 0 Å². The van der Waals surface area contributed by atoms with Gasteiger partial charge in [-0.05, 0) is 101 Å². The molecule has 0 saturated heterocycles. The lowest BCUT2D eigenvalue weighted by Crippen LogP contribution is -2.15. The lowest BCUT2D eigenvalue weighted by Gasteiger charge is -2.23. The van der Waals surface area contributed by atoms with E-state index in [0.29, 0.717) is 0 Å². The van der Waals surface area contributed by atoms with Gasteiger partial charge in [0.1, 0.15) is 0 Å². The predicted octanol–water partition coefficient (Wildman–Crippen LogP) is 9.01. The fourth-order valence-corrected chi connectivity index (χ4v) is 5.29. The van der Waals surface area contributed by atoms with Crippen LogP contribution < -0.4 is 0 Å². The highest BCUT2D eigenvalue weighted by atomic mass is 79.9. The Morgan fingerprint density at radius 1 is 0.548 bits per heavy atom. The van der Waals surface area contributed by atoms with Crippen LogP contribution in [0, 0.1) is 20.8 Å². The van der Waals surface area contributed by atoms with E-state index in [9.17, 15) is 0 Å². The number of hydrogen-bond acceptors (Lipinski definition) is 0. The summed E-state index contributed by atoms with van der Waals surface area (Å²) in [6, 6.07) is 27.2. The quantitative estimate of drug-likeness (QED) is 0.276. The Bertz CT molecular complexity index is 1200. The van der Waals surface area contributed by atoms with Crippen molar-refractivity contribution in [1.82, 2.24) is 0 Å². The maximum absolute atomic E-state index is 3.56. The summed E-state index contributed by atoms with van der Waals surface area (Å²) in [7, 11) is 0.